The van der Waals surface area contributed by atoms with Gasteiger partial charge in [-0.05, 0) is 25.0 Å². The van der Waals surface area contributed by atoms with Crippen molar-refractivity contribution in [3.63, 3.8) is 0 Å². The summed E-state index contributed by atoms with van der Waals surface area (Å²) >= 11 is 0. The Morgan fingerprint density at radius 2 is 2.05 bits per heavy atom. The number of hydrogen-bond acceptors (Lipinski definition) is 3. The third-order valence-electron chi connectivity index (χ3n) is 3.99. The van der Waals surface area contributed by atoms with E-state index in [2.05, 4.69) is 6.92 Å². The van der Waals surface area contributed by atoms with Crippen LogP contribution in [-0.4, -0.2) is 18.3 Å². The van der Waals surface area contributed by atoms with Gasteiger partial charge in [-0.15, -0.1) is 0 Å². The minimum Gasteiger partial charge on any atom is -0.497 e. The van der Waals surface area contributed by atoms with Crippen molar-refractivity contribution < 1.29 is 14.6 Å². The van der Waals surface area contributed by atoms with E-state index in [1.807, 2.05) is 18.2 Å². The van der Waals surface area contributed by atoms with Gasteiger partial charge in [0.1, 0.15) is 17.6 Å². The van der Waals surface area contributed by atoms with E-state index >= 15 is 0 Å². The smallest absolute Gasteiger partial charge is 0.129 e. The van der Waals surface area contributed by atoms with Crippen LogP contribution in [0.3, 0.4) is 0 Å². The lowest BCUT2D eigenvalue weighted by atomic mass is 9.96. The lowest BCUT2D eigenvalue weighted by Crippen LogP contribution is -2.25. The van der Waals surface area contributed by atoms with Crippen molar-refractivity contribution in [2.45, 2.75) is 64.1 Å². The molecule has 20 heavy (non-hydrogen) atoms. The highest BCUT2D eigenvalue weighted by atomic mass is 16.5. The molecule has 2 rings (SSSR count). The van der Waals surface area contributed by atoms with Gasteiger partial charge < -0.3 is 14.6 Å². The summed E-state index contributed by atoms with van der Waals surface area (Å²) in [5.41, 5.74) is 0.882. The zero-order valence-corrected chi connectivity index (χ0v) is 12.6. The van der Waals surface area contributed by atoms with Crippen LogP contribution in [0.4, 0.5) is 0 Å². The maximum absolute atomic E-state index is 10.2. The Morgan fingerprint density at radius 1 is 1.25 bits per heavy atom. The first-order valence-corrected chi connectivity index (χ1v) is 7.77. The molecule has 1 aliphatic rings. The van der Waals surface area contributed by atoms with Crippen LogP contribution in [0, 0.1) is 0 Å². The second kappa shape index (κ2) is 7.53. The van der Waals surface area contributed by atoms with Crippen molar-refractivity contribution in [1.82, 2.24) is 0 Å². The van der Waals surface area contributed by atoms with E-state index in [0.717, 1.165) is 23.5 Å². The van der Waals surface area contributed by atoms with Gasteiger partial charge in [-0.1, -0.05) is 32.6 Å². The monoisotopic (exact) mass is 278 g/mol. The molecule has 0 spiro atoms. The Balaban J connectivity index is 1.89. The first kappa shape index (κ1) is 15.2. The minimum absolute atomic E-state index is 0.131. The van der Waals surface area contributed by atoms with E-state index in [1.54, 1.807) is 7.11 Å². The maximum atomic E-state index is 10.2. The summed E-state index contributed by atoms with van der Waals surface area (Å²) < 4.78 is 11.2. The third kappa shape index (κ3) is 3.89. The molecule has 0 bridgehead atoms. The Hall–Kier alpha value is -1.22. The van der Waals surface area contributed by atoms with E-state index in [-0.39, 0.29) is 6.10 Å². The van der Waals surface area contributed by atoms with Crippen molar-refractivity contribution in [1.29, 1.82) is 0 Å². The number of fused-ring (bicyclic) bond motifs is 1. The Bertz CT molecular complexity index is 417. The van der Waals surface area contributed by atoms with E-state index < -0.39 is 6.10 Å². The fourth-order valence-corrected chi connectivity index (χ4v) is 2.78. The summed E-state index contributed by atoms with van der Waals surface area (Å²) in [4.78, 5) is 0. The van der Waals surface area contributed by atoms with Gasteiger partial charge in [-0.2, -0.15) is 0 Å². The van der Waals surface area contributed by atoms with Crippen molar-refractivity contribution >= 4 is 0 Å². The molecule has 0 fully saturated rings. The summed E-state index contributed by atoms with van der Waals surface area (Å²) in [5.74, 6) is 1.56. The van der Waals surface area contributed by atoms with E-state index in [4.69, 9.17) is 9.47 Å². The van der Waals surface area contributed by atoms with Crippen LogP contribution >= 0.6 is 0 Å². The number of aliphatic hydroxyl groups is 1. The quantitative estimate of drug-likeness (QED) is 0.758. The molecule has 0 aromatic heterocycles. The number of rotatable bonds is 7. The lowest BCUT2D eigenvalue weighted by molar-refractivity contribution is 0.0602. The zero-order chi connectivity index (χ0) is 14.4. The molecule has 0 aliphatic carbocycles. The molecule has 0 saturated carbocycles. The molecule has 1 aliphatic heterocycles. The second-order valence-electron chi connectivity index (χ2n) is 5.60. The molecule has 1 heterocycles. The van der Waals surface area contributed by atoms with Gasteiger partial charge in [0.15, 0.2) is 0 Å². The Labute approximate surface area is 121 Å². The minimum atomic E-state index is -0.412. The summed E-state index contributed by atoms with van der Waals surface area (Å²) in [6.07, 6.45) is 7.77. The Morgan fingerprint density at radius 3 is 2.80 bits per heavy atom. The molecule has 0 saturated heterocycles. The molecule has 3 nitrogen and oxygen atoms in total. The topological polar surface area (TPSA) is 38.7 Å². The van der Waals surface area contributed by atoms with Crippen LogP contribution in [0.15, 0.2) is 18.2 Å². The zero-order valence-electron chi connectivity index (χ0n) is 12.6. The van der Waals surface area contributed by atoms with Gasteiger partial charge in [0.05, 0.1) is 13.2 Å². The van der Waals surface area contributed by atoms with E-state index in [9.17, 15) is 5.11 Å². The fraction of sp³-hybridized carbons (Fsp3) is 0.647. The number of aliphatic hydroxyl groups excluding tert-OH is 1. The van der Waals surface area contributed by atoms with Crippen LogP contribution in [0.1, 0.15) is 63.5 Å². The molecule has 1 aromatic rings. The number of unbranched alkanes of at least 4 members (excludes halogenated alkanes) is 4. The van der Waals surface area contributed by atoms with Crippen molar-refractivity contribution in [3.8, 4) is 11.5 Å². The molecular weight excluding hydrogens is 252 g/mol. The van der Waals surface area contributed by atoms with Crippen molar-refractivity contribution in [2.24, 2.45) is 0 Å². The summed E-state index contributed by atoms with van der Waals surface area (Å²) in [6, 6.07) is 5.65. The van der Waals surface area contributed by atoms with Gasteiger partial charge in [0, 0.05) is 18.1 Å². The van der Waals surface area contributed by atoms with E-state index in [0.29, 0.717) is 6.42 Å². The van der Waals surface area contributed by atoms with Gasteiger partial charge in [0.25, 0.3) is 0 Å². The average Bonchev–Trinajstić information content (AvgIpc) is 2.46. The highest BCUT2D eigenvalue weighted by Gasteiger charge is 2.26. The molecular formula is C17H26O3. The third-order valence-corrected chi connectivity index (χ3v) is 3.99. The number of methoxy groups -OCH3 is 1. The van der Waals surface area contributed by atoms with Crippen LogP contribution in [0.5, 0.6) is 11.5 Å². The lowest BCUT2D eigenvalue weighted by Gasteiger charge is -2.30. The molecule has 1 aromatic carbocycles. The molecule has 2 atom stereocenters. The van der Waals surface area contributed by atoms with Gasteiger partial charge in [-0.25, -0.2) is 0 Å². The van der Waals surface area contributed by atoms with Crippen LogP contribution in [0.25, 0.3) is 0 Å². The molecule has 1 N–H and O–H groups in total. The molecule has 0 unspecified atom stereocenters. The predicted molar refractivity (Wildman–Crippen MR) is 80.4 cm³/mol. The SMILES string of the molecule is CCCCCCC[C@H]1C[C@@H](O)c2ccc(OC)cc2O1. The average molecular weight is 278 g/mol. The maximum Gasteiger partial charge on any atom is 0.129 e. The summed E-state index contributed by atoms with van der Waals surface area (Å²) in [7, 11) is 1.65. The number of hydrogen-bond donors (Lipinski definition) is 1. The predicted octanol–water partition coefficient (Wildman–Crippen LogP) is 4.24. The van der Waals surface area contributed by atoms with Crippen LogP contribution < -0.4 is 9.47 Å². The van der Waals surface area contributed by atoms with Crippen molar-refractivity contribution in [2.75, 3.05) is 7.11 Å². The van der Waals surface area contributed by atoms with Gasteiger partial charge in [-0.3, -0.25) is 0 Å². The fourth-order valence-electron chi connectivity index (χ4n) is 2.78. The van der Waals surface area contributed by atoms with Gasteiger partial charge >= 0.3 is 0 Å². The first-order valence-electron chi connectivity index (χ1n) is 7.77. The van der Waals surface area contributed by atoms with E-state index in [1.165, 1.54) is 32.1 Å². The summed E-state index contributed by atoms with van der Waals surface area (Å²) in [5, 5.41) is 10.2. The van der Waals surface area contributed by atoms with Crippen molar-refractivity contribution in [3.05, 3.63) is 23.8 Å². The second-order valence-corrected chi connectivity index (χ2v) is 5.60. The molecule has 0 amide bonds. The number of ether oxygens (including phenoxy) is 2. The normalized spacial score (nSPS) is 21.1. The standard InChI is InChI=1S/C17H26O3/c1-3-4-5-6-7-8-14-11-16(18)15-10-9-13(19-2)12-17(15)20-14/h9-10,12,14,16,18H,3-8,11H2,1-2H3/t14-,16+/m0/s1. The Kier molecular flexibility index (Phi) is 5.72. The van der Waals surface area contributed by atoms with Gasteiger partial charge in [0.2, 0.25) is 0 Å². The summed E-state index contributed by atoms with van der Waals surface area (Å²) in [6.45, 7) is 2.23. The highest BCUT2D eigenvalue weighted by molar-refractivity contribution is 5.43. The molecule has 112 valence electrons. The van der Waals surface area contributed by atoms with Crippen LogP contribution in [0.2, 0.25) is 0 Å². The molecule has 0 radical (unpaired) electrons. The van der Waals surface area contributed by atoms with Crippen LogP contribution in [-0.2, 0) is 0 Å². The molecule has 3 heteroatoms. The largest absolute Gasteiger partial charge is 0.497 e. The first-order chi connectivity index (χ1) is 9.74. The number of benzene rings is 1. The highest BCUT2D eigenvalue weighted by Crippen LogP contribution is 2.38.